The predicted octanol–water partition coefficient (Wildman–Crippen LogP) is 2.00. The van der Waals surface area contributed by atoms with E-state index in [1.165, 1.54) is 12.8 Å². The van der Waals surface area contributed by atoms with Gasteiger partial charge in [-0.3, -0.25) is 4.79 Å². The fourth-order valence-electron chi connectivity index (χ4n) is 2.76. The van der Waals surface area contributed by atoms with Crippen LogP contribution in [0.25, 0.3) is 0 Å². The van der Waals surface area contributed by atoms with Crippen molar-refractivity contribution in [2.24, 2.45) is 11.7 Å². The van der Waals surface area contributed by atoms with Crippen LogP contribution in [0, 0.1) is 5.92 Å². The Hall–Kier alpha value is -1.36. The minimum absolute atomic E-state index is 0.00641. The quantitative estimate of drug-likeness (QED) is 0.815. The van der Waals surface area contributed by atoms with Gasteiger partial charge in [-0.25, -0.2) is 4.68 Å². The van der Waals surface area contributed by atoms with E-state index in [4.69, 9.17) is 5.73 Å². The van der Waals surface area contributed by atoms with Gasteiger partial charge in [0.2, 0.25) is 0 Å². The molecule has 0 spiro atoms. The molecule has 2 N–H and O–H groups in total. The Bertz CT molecular complexity index is 489. The van der Waals surface area contributed by atoms with Gasteiger partial charge in [-0.15, -0.1) is 0 Å². The van der Waals surface area contributed by atoms with Crippen LogP contribution in [0.5, 0.6) is 0 Å². The van der Waals surface area contributed by atoms with Crippen LogP contribution in [0.3, 0.4) is 0 Å². The van der Waals surface area contributed by atoms with Gasteiger partial charge >= 0.3 is 0 Å². The topological polar surface area (TPSA) is 64.2 Å². The summed E-state index contributed by atoms with van der Waals surface area (Å²) >= 11 is 0. The van der Waals surface area contributed by atoms with E-state index in [1.54, 1.807) is 10.7 Å². The number of anilines is 1. The molecule has 1 aliphatic rings. The van der Waals surface area contributed by atoms with Gasteiger partial charge in [0.05, 0.1) is 11.9 Å². The van der Waals surface area contributed by atoms with Gasteiger partial charge in [0.25, 0.3) is 5.56 Å². The molecule has 0 saturated carbocycles. The van der Waals surface area contributed by atoms with E-state index < -0.39 is 0 Å². The van der Waals surface area contributed by atoms with Crippen molar-refractivity contribution in [3.8, 4) is 0 Å². The fourth-order valence-corrected chi connectivity index (χ4v) is 2.76. The molecule has 1 aliphatic heterocycles. The van der Waals surface area contributed by atoms with Crippen LogP contribution in [-0.2, 0) is 6.54 Å². The van der Waals surface area contributed by atoms with Crippen molar-refractivity contribution in [3.63, 3.8) is 0 Å². The van der Waals surface area contributed by atoms with E-state index in [0.29, 0.717) is 6.54 Å². The highest BCUT2D eigenvalue weighted by Gasteiger charge is 2.16. The standard InChI is InChI=1S/C16H28N4O/c1-13-6-9-19(10-7-13)15-11-16(21)20(18-12-15)8-4-3-5-14(2)17/h11-14H,3-10,17H2,1-2H3. The highest BCUT2D eigenvalue weighted by Crippen LogP contribution is 2.20. The average Bonchev–Trinajstić information content (AvgIpc) is 2.45. The second-order valence-corrected chi connectivity index (χ2v) is 6.42. The first kappa shape index (κ1) is 16.0. The summed E-state index contributed by atoms with van der Waals surface area (Å²) in [5.74, 6) is 0.791. The van der Waals surface area contributed by atoms with Crippen LogP contribution in [0.2, 0.25) is 0 Å². The fraction of sp³-hybridized carbons (Fsp3) is 0.750. The molecule has 0 bridgehead atoms. The summed E-state index contributed by atoms with van der Waals surface area (Å²) in [5.41, 5.74) is 6.70. The molecular formula is C16H28N4O. The lowest BCUT2D eigenvalue weighted by molar-refractivity contribution is 0.437. The number of nitrogens with two attached hydrogens (primary N) is 1. The molecule has 0 aromatic carbocycles. The molecule has 1 saturated heterocycles. The summed E-state index contributed by atoms with van der Waals surface area (Å²) in [7, 11) is 0. The first-order chi connectivity index (χ1) is 10.1. The zero-order valence-corrected chi connectivity index (χ0v) is 13.3. The van der Waals surface area contributed by atoms with Gasteiger partial charge in [0.1, 0.15) is 0 Å². The van der Waals surface area contributed by atoms with Gasteiger partial charge in [0.15, 0.2) is 0 Å². The summed E-state index contributed by atoms with van der Waals surface area (Å²) < 4.78 is 1.57. The highest BCUT2D eigenvalue weighted by atomic mass is 16.1. The smallest absolute Gasteiger partial charge is 0.268 e. The monoisotopic (exact) mass is 292 g/mol. The molecular weight excluding hydrogens is 264 g/mol. The van der Waals surface area contributed by atoms with E-state index in [0.717, 1.165) is 44.0 Å². The molecule has 5 nitrogen and oxygen atoms in total. The Morgan fingerprint density at radius 3 is 2.71 bits per heavy atom. The van der Waals surface area contributed by atoms with Crippen molar-refractivity contribution in [1.29, 1.82) is 0 Å². The van der Waals surface area contributed by atoms with Crippen molar-refractivity contribution < 1.29 is 0 Å². The molecule has 118 valence electrons. The maximum absolute atomic E-state index is 12.1. The van der Waals surface area contributed by atoms with Crippen LogP contribution in [0.4, 0.5) is 5.69 Å². The molecule has 0 aliphatic carbocycles. The lowest BCUT2D eigenvalue weighted by atomic mass is 9.99. The number of rotatable bonds is 6. The van der Waals surface area contributed by atoms with E-state index in [9.17, 15) is 4.79 Å². The van der Waals surface area contributed by atoms with Gasteiger partial charge < -0.3 is 10.6 Å². The SMILES string of the molecule is CC(N)CCCCn1ncc(N2CCC(C)CC2)cc1=O. The molecule has 1 aromatic rings. The predicted molar refractivity (Wildman–Crippen MR) is 86.6 cm³/mol. The maximum Gasteiger partial charge on any atom is 0.268 e. The van der Waals surface area contributed by atoms with Crippen LogP contribution in [0.15, 0.2) is 17.1 Å². The molecule has 5 heteroatoms. The van der Waals surface area contributed by atoms with Gasteiger partial charge in [-0.05, 0) is 38.5 Å². The van der Waals surface area contributed by atoms with Crippen LogP contribution >= 0.6 is 0 Å². The number of hydrogen-bond acceptors (Lipinski definition) is 4. The molecule has 1 aromatic heterocycles. The summed E-state index contributed by atoms with van der Waals surface area (Å²) in [5, 5.41) is 4.32. The third kappa shape index (κ3) is 4.84. The molecule has 1 atom stereocenters. The van der Waals surface area contributed by atoms with E-state index in [-0.39, 0.29) is 11.6 Å². The minimum atomic E-state index is 0.00641. The third-order valence-electron chi connectivity index (χ3n) is 4.28. The Morgan fingerprint density at radius 1 is 1.38 bits per heavy atom. The van der Waals surface area contributed by atoms with Gasteiger partial charge in [0, 0.05) is 31.7 Å². The molecule has 0 amide bonds. The van der Waals surface area contributed by atoms with Crippen molar-refractivity contribution in [3.05, 3.63) is 22.6 Å². The lowest BCUT2D eigenvalue weighted by Crippen LogP contribution is -2.34. The number of nitrogens with zero attached hydrogens (tertiary/aromatic N) is 3. The second kappa shape index (κ2) is 7.59. The second-order valence-electron chi connectivity index (χ2n) is 6.42. The van der Waals surface area contributed by atoms with E-state index in [2.05, 4.69) is 16.9 Å². The molecule has 1 fully saturated rings. The Balaban J connectivity index is 1.90. The minimum Gasteiger partial charge on any atom is -0.370 e. The Labute approximate surface area is 127 Å². The van der Waals surface area contributed by atoms with Crippen molar-refractivity contribution in [2.45, 2.75) is 58.5 Å². The summed E-state index contributed by atoms with van der Waals surface area (Å²) in [4.78, 5) is 14.4. The molecule has 2 heterocycles. The summed E-state index contributed by atoms with van der Waals surface area (Å²) in [6, 6.07) is 1.97. The van der Waals surface area contributed by atoms with Crippen LogP contribution in [-0.4, -0.2) is 28.9 Å². The van der Waals surface area contributed by atoms with E-state index >= 15 is 0 Å². The molecule has 21 heavy (non-hydrogen) atoms. The zero-order valence-electron chi connectivity index (χ0n) is 13.3. The normalized spacial score (nSPS) is 18.0. The first-order valence-electron chi connectivity index (χ1n) is 8.14. The molecule has 2 rings (SSSR count). The first-order valence-corrected chi connectivity index (χ1v) is 8.14. The van der Waals surface area contributed by atoms with Crippen molar-refractivity contribution in [2.75, 3.05) is 18.0 Å². The zero-order chi connectivity index (χ0) is 15.2. The third-order valence-corrected chi connectivity index (χ3v) is 4.28. The highest BCUT2D eigenvalue weighted by molar-refractivity contribution is 5.43. The Morgan fingerprint density at radius 2 is 2.10 bits per heavy atom. The summed E-state index contributed by atoms with van der Waals surface area (Å²) in [6.45, 7) is 7.04. The average molecular weight is 292 g/mol. The van der Waals surface area contributed by atoms with Crippen LogP contribution in [0.1, 0.15) is 46.0 Å². The summed E-state index contributed by atoms with van der Waals surface area (Å²) in [6.07, 6.45) is 7.22. The van der Waals surface area contributed by atoms with E-state index in [1.807, 2.05) is 13.1 Å². The lowest BCUT2D eigenvalue weighted by Gasteiger charge is -2.31. The van der Waals surface area contributed by atoms with Gasteiger partial charge in [-0.1, -0.05) is 13.3 Å². The number of unbranched alkanes of at least 4 members (excludes halogenated alkanes) is 1. The maximum atomic E-state index is 12.1. The molecule has 1 unspecified atom stereocenters. The molecule has 0 radical (unpaired) electrons. The van der Waals surface area contributed by atoms with Crippen molar-refractivity contribution >= 4 is 5.69 Å². The number of hydrogen-bond donors (Lipinski definition) is 1. The van der Waals surface area contributed by atoms with Crippen molar-refractivity contribution in [1.82, 2.24) is 9.78 Å². The van der Waals surface area contributed by atoms with Crippen LogP contribution < -0.4 is 16.2 Å². The van der Waals surface area contributed by atoms with Gasteiger partial charge in [-0.2, -0.15) is 5.10 Å². The number of piperidine rings is 1. The largest absolute Gasteiger partial charge is 0.370 e. The number of aryl methyl sites for hydroxylation is 1. The number of aromatic nitrogens is 2. The Kier molecular flexibility index (Phi) is 5.79.